The quantitative estimate of drug-likeness (QED) is 0.641. The molecule has 0 saturated carbocycles. The third kappa shape index (κ3) is 2.89. The van der Waals surface area contributed by atoms with Crippen molar-refractivity contribution >= 4 is 16.3 Å². The molecule has 0 amide bonds. The molecule has 0 radical (unpaired) electrons. The highest BCUT2D eigenvalue weighted by molar-refractivity contribution is 7.16. The molecule has 1 saturated heterocycles. The minimum absolute atomic E-state index is 0.0200. The molecule has 1 aliphatic heterocycles. The number of thiazole rings is 1. The molecule has 1 aromatic heterocycles. The minimum atomic E-state index is -0.455. The number of hydrogen-bond donors (Lipinski definition) is 1. The second kappa shape index (κ2) is 5.22. The smallest absolute Gasteiger partial charge is 0.347 e. The van der Waals surface area contributed by atoms with Gasteiger partial charge in [-0.1, -0.05) is 6.42 Å². The first-order chi connectivity index (χ1) is 7.75. The summed E-state index contributed by atoms with van der Waals surface area (Å²) >= 11 is 0.969. The van der Waals surface area contributed by atoms with E-state index in [1.807, 2.05) is 0 Å². The molecule has 16 heavy (non-hydrogen) atoms. The standard InChI is InChI=1S/C9H13N3O3S/c13-12(14)8-5-11-9(16-8)15-6-7-3-1-2-4-10-7/h5,7,10H,1-4,6H2. The minimum Gasteiger partial charge on any atom is -0.468 e. The van der Waals surface area contributed by atoms with Crippen LogP contribution in [0.4, 0.5) is 5.00 Å². The lowest BCUT2D eigenvalue weighted by atomic mass is 10.1. The van der Waals surface area contributed by atoms with Crippen molar-refractivity contribution in [2.24, 2.45) is 0 Å². The van der Waals surface area contributed by atoms with Crippen molar-refractivity contribution in [3.8, 4) is 5.19 Å². The summed E-state index contributed by atoms with van der Waals surface area (Å²) < 4.78 is 5.42. The predicted molar refractivity (Wildman–Crippen MR) is 59.9 cm³/mol. The number of hydrogen-bond acceptors (Lipinski definition) is 6. The molecule has 1 unspecified atom stereocenters. The zero-order chi connectivity index (χ0) is 11.4. The first kappa shape index (κ1) is 11.3. The van der Waals surface area contributed by atoms with Gasteiger partial charge in [0, 0.05) is 6.04 Å². The van der Waals surface area contributed by atoms with Gasteiger partial charge >= 0.3 is 5.00 Å². The first-order valence-corrected chi connectivity index (χ1v) is 6.04. The van der Waals surface area contributed by atoms with Gasteiger partial charge < -0.3 is 10.1 Å². The van der Waals surface area contributed by atoms with Gasteiger partial charge in [-0.3, -0.25) is 10.1 Å². The Labute approximate surface area is 96.8 Å². The second-order valence-electron chi connectivity index (χ2n) is 3.68. The molecule has 1 aliphatic rings. The second-order valence-corrected chi connectivity index (χ2v) is 4.65. The van der Waals surface area contributed by atoms with Crippen LogP contribution in [0.2, 0.25) is 0 Å². The van der Waals surface area contributed by atoms with E-state index in [1.54, 1.807) is 0 Å². The maximum atomic E-state index is 10.4. The molecule has 88 valence electrons. The molecule has 1 aromatic rings. The number of rotatable bonds is 4. The molecule has 0 bridgehead atoms. The fraction of sp³-hybridized carbons (Fsp3) is 0.667. The van der Waals surface area contributed by atoms with E-state index >= 15 is 0 Å². The fourth-order valence-electron chi connectivity index (χ4n) is 1.64. The number of piperidine rings is 1. The molecule has 0 aromatic carbocycles. The summed E-state index contributed by atoms with van der Waals surface area (Å²) in [7, 11) is 0. The monoisotopic (exact) mass is 243 g/mol. The van der Waals surface area contributed by atoms with Gasteiger partial charge in [0.05, 0.1) is 4.92 Å². The van der Waals surface area contributed by atoms with E-state index in [0.717, 1.165) is 24.3 Å². The van der Waals surface area contributed by atoms with E-state index in [0.29, 0.717) is 17.8 Å². The molecule has 0 aliphatic carbocycles. The van der Waals surface area contributed by atoms with Gasteiger partial charge in [0.15, 0.2) is 0 Å². The van der Waals surface area contributed by atoms with Crippen molar-refractivity contribution in [3.05, 3.63) is 16.3 Å². The molecule has 1 fully saturated rings. The fourth-order valence-corrected chi connectivity index (χ4v) is 2.23. The van der Waals surface area contributed by atoms with Crippen molar-refractivity contribution < 1.29 is 9.66 Å². The highest BCUT2D eigenvalue weighted by atomic mass is 32.1. The van der Waals surface area contributed by atoms with Gasteiger partial charge in [0.2, 0.25) is 0 Å². The highest BCUT2D eigenvalue weighted by Crippen LogP contribution is 2.27. The van der Waals surface area contributed by atoms with Crippen LogP contribution < -0.4 is 10.1 Å². The summed E-state index contributed by atoms with van der Waals surface area (Å²) in [6.45, 7) is 1.55. The molecule has 1 atom stereocenters. The van der Waals surface area contributed by atoms with E-state index < -0.39 is 4.92 Å². The van der Waals surface area contributed by atoms with Crippen molar-refractivity contribution in [1.82, 2.24) is 10.3 Å². The lowest BCUT2D eigenvalue weighted by Gasteiger charge is -2.22. The molecule has 2 heterocycles. The van der Waals surface area contributed by atoms with Crippen LogP contribution in [0.5, 0.6) is 5.19 Å². The van der Waals surface area contributed by atoms with E-state index in [4.69, 9.17) is 4.74 Å². The maximum absolute atomic E-state index is 10.4. The third-order valence-electron chi connectivity index (χ3n) is 2.47. The van der Waals surface area contributed by atoms with Crippen LogP contribution in [0.15, 0.2) is 6.20 Å². The van der Waals surface area contributed by atoms with E-state index in [2.05, 4.69) is 10.3 Å². The van der Waals surface area contributed by atoms with Crippen LogP contribution >= 0.6 is 11.3 Å². The Hall–Kier alpha value is -1.21. The Morgan fingerprint density at radius 3 is 3.19 bits per heavy atom. The predicted octanol–water partition coefficient (Wildman–Crippen LogP) is 1.57. The van der Waals surface area contributed by atoms with Crippen molar-refractivity contribution in [2.45, 2.75) is 25.3 Å². The Morgan fingerprint density at radius 2 is 2.56 bits per heavy atom. The number of nitrogens with one attached hydrogen (secondary N) is 1. The summed E-state index contributed by atoms with van der Waals surface area (Å²) in [6, 6.07) is 0.344. The summed E-state index contributed by atoms with van der Waals surface area (Å²) in [4.78, 5) is 13.8. The third-order valence-corrected chi connectivity index (χ3v) is 3.33. The van der Waals surface area contributed by atoms with Crippen molar-refractivity contribution in [3.63, 3.8) is 0 Å². The van der Waals surface area contributed by atoms with Crippen molar-refractivity contribution in [1.29, 1.82) is 0 Å². The van der Waals surface area contributed by atoms with Crippen LogP contribution in [-0.4, -0.2) is 29.1 Å². The summed E-state index contributed by atoms with van der Waals surface area (Å²) in [5.41, 5.74) is 0. The van der Waals surface area contributed by atoms with E-state index in [1.165, 1.54) is 19.0 Å². The van der Waals surface area contributed by atoms with Crippen LogP contribution in [0.25, 0.3) is 0 Å². The number of nitro groups is 1. The highest BCUT2D eigenvalue weighted by Gasteiger charge is 2.16. The Balaban J connectivity index is 1.81. The number of nitrogens with zero attached hydrogens (tertiary/aromatic N) is 2. The summed E-state index contributed by atoms with van der Waals surface area (Å²) in [6.07, 6.45) is 4.74. The van der Waals surface area contributed by atoms with Crippen LogP contribution in [0.1, 0.15) is 19.3 Å². The molecular formula is C9H13N3O3S. The molecular weight excluding hydrogens is 230 g/mol. The zero-order valence-electron chi connectivity index (χ0n) is 8.72. The lowest BCUT2D eigenvalue weighted by molar-refractivity contribution is -0.380. The average molecular weight is 243 g/mol. The summed E-state index contributed by atoms with van der Waals surface area (Å²) in [5.74, 6) is 0. The largest absolute Gasteiger partial charge is 0.468 e. The molecule has 1 N–H and O–H groups in total. The van der Waals surface area contributed by atoms with Gasteiger partial charge in [0.25, 0.3) is 5.19 Å². The average Bonchev–Trinajstić information content (AvgIpc) is 2.76. The Bertz CT molecular complexity index is 363. The Morgan fingerprint density at radius 1 is 1.69 bits per heavy atom. The van der Waals surface area contributed by atoms with Crippen molar-refractivity contribution in [2.75, 3.05) is 13.2 Å². The Kier molecular flexibility index (Phi) is 3.68. The maximum Gasteiger partial charge on any atom is 0.347 e. The van der Waals surface area contributed by atoms with Gasteiger partial charge in [-0.2, -0.15) is 0 Å². The SMILES string of the molecule is O=[N+]([O-])c1cnc(OCC2CCCCN2)s1. The van der Waals surface area contributed by atoms with Gasteiger partial charge in [-0.05, 0) is 30.7 Å². The number of aromatic nitrogens is 1. The van der Waals surface area contributed by atoms with Gasteiger partial charge in [-0.15, -0.1) is 0 Å². The van der Waals surface area contributed by atoms with Crippen LogP contribution in [0.3, 0.4) is 0 Å². The topological polar surface area (TPSA) is 77.3 Å². The molecule has 0 spiro atoms. The molecule has 2 rings (SSSR count). The molecule has 6 nitrogen and oxygen atoms in total. The van der Waals surface area contributed by atoms with Crippen LogP contribution in [0, 0.1) is 10.1 Å². The summed E-state index contributed by atoms with van der Waals surface area (Å²) in [5, 5.41) is 14.2. The lowest BCUT2D eigenvalue weighted by Crippen LogP contribution is -2.38. The van der Waals surface area contributed by atoms with Gasteiger partial charge in [-0.25, -0.2) is 4.98 Å². The first-order valence-electron chi connectivity index (χ1n) is 5.22. The van der Waals surface area contributed by atoms with E-state index in [-0.39, 0.29) is 5.00 Å². The number of ether oxygens (including phenoxy) is 1. The van der Waals surface area contributed by atoms with Gasteiger partial charge in [0.1, 0.15) is 12.8 Å². The normalized spacial score (nSPS) is 20.6. The van der Waals surface area contributed by atoms with E-state index in [9.17, 15) is 10.1 Å². The zero-order valence-corrected chi connectivity index (χ0v) is 9.53. The molecule has 7 heteroatoms. The van der Waals surface area contributed by atoms with Crippen LogP contribution in [-0.2, 0) is 0 Å².